The third-order valence-electron chi connectivity index (χ3n) is 7.37. The number of nitrogens with one attached hydrogen (secondary N) is 1. The largest absolute Gasteiger partial charge is 0.385 e. The summed E-state index contributed by atoms with van der Waals surface area (Å²) in [6.45, 7) is 6.42. The van der Waals surface area contributed by atoms with Crippen LogP contribution in [0.2, 0.25) is 5.02 Å². The van der Waals surface area contributed by atoms with Crippen molar-refractivity contribution in [3.63, 3.8) is 0 Å². The van der Waals surface area contributed by atoms with E-state index < -0.39 is 0 Å². The minimum atomic E-state index is -0.269. The van der Waals surface area contributed by atoms with Crippen LogP contribution in [0.5, 0.6) is 0 Å². The molecule has 2 fully saturated rings. The van der Waals surface area contributed by atoms with Gasteiger partial charge in [0.1, 0.15) is 5.02 Å². The van der Waals surface area contributed by atoms with E-state index in [1.54, 1.807) is 17.8 Å². The van der Waals surface area contributed by atoms with Crippen LogP contribution in [0.4, 0.5) is 5.69 Å². The van der Waals surface area contributed by atoms with Crippen molar-refractivity contribution in [1.29, 1.82) is 0 Å². The van der Waals surface area contributed by atoms with Crippen molar-refractivity contribution in [3.8, 4) is 0 Å². The summed E-state index contributed by atoms with van der Waals surface area (Å²) < 4.78 is 10.2. The zero-order valence-corrected chi connectivity index (χ0v) is 24.2. The lowest BCUT2D eigenvalue weighted by Crippen LogP contribution is -2.33. The van der Waals surface area contributed by atoms with E-state index in [0.717, 1.165) is 49.9 Å². The quantitative estimate of drug-likeness (QED) is 0.405. The second-order valence-corrected chi connectivity index (χ2v) is 10.4. The van der Waals surface area contributed by atoms with E-state index in [9.17, 15) is 9.59 Å². The second-order valence-electron chi connectivity index (χ2n) is 10.1. The number of fused-ring (bicyclic) bond motifs is 1. The van der Waals surface area contributed by atoms with Gasteiger partial charge in [-0.1, -0.05) is 56.8 Å². The van der Waals surface area contributed by atoms with Crippen LogP contribution in [0.3, 0.4) is 0 Å². The number of para-hydroxylation sites is 2. The van der Waals surface area contributed by atoms with Crippen molar-refractivity contribution in [2.24, 2.45) is 7.05 Å². The number of aryl methyl sites for hydroxylation is 1. The normalized spacial score (nSPS) is 19.2. The van der Waals surface area contributed by atoms with Crippen molar-refractivity contribution < 1.29 is 4.74 Å². The number of halogens is 1. The van der Waals surface area contributed by atoms with Crippen LogP contribution in [0, 0.1) is 0 Å². The first-order valence-corrected chi connectivity index (χ1v) is 14.5. The molecule has 0 amide bonds. The minimum absolute atomic E-state index is 0.00262. The van der Waals surface area contributed by atoms with Gasteiger partial charge in [-0.2, -0.15) is 5.10 Å². The molecule has 2 aliphatic rings. The number of hydrogen-bond donors (Lipinski definition) is 1. The first-order chi connectivity index (χ1) is 18.4. The molecule has 38 heavy (non-hydrogen) atoms. The Morgan fingerprint density at radius 3 is 2.08 bits per heavy atom. The fourth-order valence-corrected chi connectivity index (χ4v) is 5.38. The predicted octanol–water partition coefficient (Wildman–Crippen LogP) is 6.33. The Hall–Kier alpha value is -2.58. The summed E-state index contributed by atoms with van der Waals surface area (Å²) in [5.41, 5.74) is 2.18. The predicted molar refractivity (Wildman–Crippen MR) is 157 cm³/mol. The SMILES string of the molecule is C1CCOCC1.CCCCC.CNc1cnn(C2CCC(n3c(=O)n(C)c4ccccc43)CC2)c(=O)c1Cl. The maximum absolute atomic E-state index is 12.7. The zero-order valence-electron chi connectivity index (χ0n) is 23.4. The number of anilines is 1. The summed E-state index contributed by atoms with van der Waals surface area (Å²) in [4.78, 5) is 25.2. The number of hydrogen-bond acceptors (Lipinski definition) is 5. The molecule has 1 aliphatic carbocycles. The molecule has 1 saturated carbocycles. The third-order valence-corrected chi connectivity index (χ3v) is 7.74. The standard InChI is InChI=1S/C19H22ClN5O2.C5H10O.C5H12/c1-21-14-11-22-25(18(26)17(14)20)13-9-7-12(8-10-13)24-16-6-4-3-5-15(16)23(2)19(24)27;1-2-4-6-5-3-1;1-3-5-4-2/h3-6,11-13,21H,7-10H2,1-2H3;1-5H2;3-5H2,1-2H3. The molecule has 8 nitrogen and oxygen atoms in total. The molecule has 1 aromatic carbocycles. The molecule has 0 atom stereocenters. The van der Waals surface area contributed by atoms with Gasteiger partial charge in [0.05, 0.1) is 29.0 Å². The summed E-state index contributed by atoms with van der Waals surface area (Å²) >= 11 is 6.15. The molecule has 1 N–H and O–H groups in total. The molecule has 0 radical (unpaired) electrons. The summed E-state index contributed by atoms with van der Waals surface area (Å²) in [5.74, 6) is 0. The molecular formula is C29H44ClN5O3. The van der Waals surface area contributed by atoms with E-state index in [4.69, 9.17) is 16.3 Å². The molecule has 2 aromatic heterocycles. The van der Waals surface area contributed by atoms with Gasteiger partial charge < -0.3 is 10.1 Å². The zero-order chi connectivity index (χ0) is 27.5. The maximum atomic E-state index is 12.7. The lowest BCUT2D eigenvalue weighted by atomic mass is 9.91. The third kappa shape index (κ3) is 7.29. The highest BCUT2D eigenvalue weighted by Gasteiger charge is 2.28. The van der Waals surface area contributed by atoms with Crippen LogP contribution in [0.25, 0.3) is 11.0 Å². The molecular weight excluding hydrogens is 502 g/mol. The Bertz CT molecular complexity index is 1240. The van der Waals surface area contributed by atoms with E-state index in [1.165, 1.54) is 43.2 Å². The topological polar surface area (TPSA) is 83.1 Å². The molecule has 3 aromatic rings. The summed E-state index contributed by atoms with van der Waals surface area (Å²) in [5, 5.41) is 7.33. The Labute approximate surface area is 230 Å². The first-order valence-electron chi connectivity index (χ1n) is 14.1. The van der Waals surface area contributed by atoms with Crippen molar-refractivity contribution >= 4 is 28.3 Å². The number of unbranched alkanes of at least 4 members (excludes halogenated alkanes) is 2. The minimum Gasteiger partial charge on any atom is -0.385 e. The summed E-state index contributed by atoms with van der Waals surface area (Å²) in [6, 6.07) is 7.99. The van der Waals surface area contributed by atoms with Gasteiger partial charge >= 0.3 is 5.69 Å². The van der Waals surface area contributed by atoms with Crippen LogP contribution >= 0.6 is 11.6 Å². The molecule has 5 rings (SSSR count). The van der Waals surface area contributed by atoms with Crippen LogP contribution in [-0.4, -0.2) is 39.2 Å². The lowest BCUT2D eigenvalue weighted by Gasteiger charge is -2.29. The van der Waals surface area contributed by atoms with Gasteiger partial charge in [-0.25, -0.2) is 9.48 Å². The van der Waals surface area contributed by atoms with Gasteiger partial charge in [0.25, 0.3) is 5.56 Å². The number of aromatic nitrogens is 4. The van der Waals surface area contributed by atoms with Crippen LogP contribution in [-0.2, 0) is 11.8 Å². The van der Waals surface area contributed by atoms with Crippen molar-refractivity contribution in [2.75, 3.05) is 25.6 Å². The average Bonchev–Trinajstić information content (AvgIpc) is 3.22. The van der Waals surface area contributed by atoms with Gasteiger partial charge in [-0.3, -0.25) is 13.9 Å². The molecule has 0 bridgehead atoms. The molecule has 9 heteroatoms. The fourth-order valence-electron chi connectivity index (χ4n) is 5.15. The Kier molecular flexibility index (Phi) is 11.9. The molecule has 3 heterocycles. The van der Waals surface area contributed by atoms with Gasteiger partial charge in [-0.15, -0.1) is 0 Å². The molecule has 210 valence electrons. The van der Waals surface area contributed by atoms with Crippen molar-refractivity contribution in [2.45, 2.75) is 90.1 Å². The van der Waals surface area contributed by atoms with Crippen LogP contribution < -0.4 is 16.6 Å². The highest BCUT2D eigenvalue weighted by atomic mass is 35.5. The maximum Gasteiger partial charge on any atom is 0.329 e. The van der Waals surface area contributed by atoms with E-state index in [0.29, 0.717) is 5.69 Å². The van der Waals surface area contributed by atoms with E-state index in [1.807, 2.05) is 35.9 Å². The van der Waals surface area contributed by atoms with Crippen LogP contribution in [0.15, 0.2) is 40.1 Å². The lowest BCUT2D eigenvalue weighted by molar-refractivity contribution is 0.0968. The number of imidazole rings is 1. The second kappa shape index (κ2) is 15.1. The van der Waals surface area contributed by atoms with E-state index >= 15 is 0 Å². The highest BCUT2D eigenvalue weighted by molar-refractivity contribution is 6.32. The number of rotatable bonds is 5. The summed E-state index contributed by atoms with van der Waals surface area (Å²) in [6.07, 6.45) is 12.8. The van der Waals surface area contributed by atoms with Gasteiger partial charge in [0.2, 0.25) is 0 Å². The molecule has 0 spiro atoms. The Morgan fingerprint density at radius 1 is 0.974 bits per heavy atom. The first kappa shape index (κ1) is 30.0. The number of benzene rings is 1. The van der Waals surface area contributed by atoms with E-state index in [2.05, 4.69) is 24.3 Å². The number of ether oxygens (including phenoxy) is 1. The molecule has 0 unspecified atom stereocenters. The Morgan fingerprint density at radius 2 is 1.58 bits per heavy atom. The average molecular weight is 546 g/mol. The Balaban J connectivity index is 0.000000304. The molecule has 1 saturated heterocycles. The fraction of sp³-hybridized carbons (Fsp3) is 0.621. The summed E-state index contributed by atoms with van der Waals surface area (Å²) in [7, 11) is 3.52. The van der Waals surface area contributed by atoms with Gasteiger partial charge in [0.15, 0.2) is 0 Å². The smallest absolute Gasteiger partial charge is 0.329 e. The van der Waals surface area contributed by atoms with Crippen LogP contribution in [0.1, 0.15) is 90.1 Å². The monoisotopic (exact) mass is 545 g/mol. The van der Waals surface area contributed by atoms with Crippen molar-refractivity contribution in [1.82, 2.24) is 18.9 Å². The van der Waals surface area contributed by atoms with E-state index in [-0.39, 0.29) is 28.4 Å². The molecule has 1 aliphatic heterocycles. The number of nitrogens with zero attached hydrogens (tertiary/aromatic N) is 4. The highest BCUT2D eigenvalue weighted by Crippen LogP contribution is 2.35. The van der Waals surface area contributed by atoms with Crippen molar-refractivity contribution in [3.05, 3.63) is 56.3 Å². The van der Waals surface area contributed by atoms with Gasteiger partial charge in [0, 0.05) is 33.4 Å². The van der Waals surface area contributed by atoms with Gasteiger partial charge in [-0.05, 0) is 57.1 Å².